The minimum Gasteiger partial charge on any atom is -0.453 e. The van der Waals surface area contributed by atoms with Crippen LogP contribution in [0.1, 0.15) is 32.1 Å². The van der Waals surface area contributed by atoms with Crippen molar-refractivity contribution < 1.29 is 9.53 Å². The molecule has 2 saturated heterocycles. The molecule has 2 bridgehead atoms. The van der Waals surface area contributed by atoms with E-state index in [4.69, 9.17) is 4.74 Å². The van der Waals surface area contributed by atoms with Crippen molar-refractivity contribution in [2.24, 2.45) is 0 Å². The van der Waals surface area contributed by atoms with E-state index in [9.17, 15) is 4.79 Å². The highest BCUT2D eigenvalue weighted by Gasteiger charge is 2.40. The first-order valence-corrected chi connectivity index (χ1v) is 5.79. The lowest BCUT2D eigenvalue weighted by atomic mass is 9.82. The fraction of sp³-hybridized carbons (Fsp3) is 0.909. The first kappa shape index (κ1) is 10.7. The summed E-state index contributed by atoms with van der Waals surface area (Å²) < 4.78 is 4.86. The summed E-state index contributed by atoms with van der Waals surface area (Å²) in [4.78, 5) is 13.6. The van der Waals surface area contributed by atoms with E-state index in [1.165, 1.54) is 13.5 Å². The fourth-order valence-electron chi connectivity index (χ4n) is 3.02. The fourth-order valence-corrected chi connectivity index (χ4v) is 3.02. The van der Waals surface area contributed by atoms with Gasteiger partial charge in [-0.1, -0.05) is 0 Å². The number of nitrogens with one attached hydrogen (secondary N) is 1. The number of piperidine rings is 2. The largest absolute Gasteiger partial charge is 0.453 e. The Morgan fingerprint density at radius 2 is 1.93 bits per heavy atom. The third-order valence-electron chi connectivity index (χ3n) is 3.77. The lowest BCUT2D eigenvalue weighted by molar-refractivity contribution is 0.0228. The number of hydrogen-bond donors (Lipinski definition) is 1. The molecule has 0 unspecified atom stereocenters. The van der Waals surface area contributed by atoms with Crippen molar-refractivity contribution in [3.8, 4) is 0 Å². The molecule has 2 fully saturated rings. The van der Waals surface area contributed by atoms with Crippen molar-refractivity contribution in [2.75, 3.05) is 14.2 Å². The second-order valence-electron chi connectivity index (χ2n) is 4.57. The van der Waals surface area contributed by atoms with Gasteiger partial charge in [0.1, 0.15) is 0 Å². The highest BCUT2D eigenvalue weighted by Crippen LogP contribution is 2.34. The van der Waals surface area contributed by atoms with Crippen molar-refractivity contribution in [3.05, 3.63) is 0 Å². The predicted octanol–water partition coefficient (Wildman–Crippen LogP) is 1.36. The van der Waals surface area contributed by atoms with Gasteiger partial charge < -0.3 is 15.0 Å². The van der Waals surface area contributed by atoms with E-state index >= 15 is 0 Å². The van der Waals surface area contributed by atoms with Gasteiger partial charge in [-0.05, 0) is 39.2 Å². The van der Waals surface area contributed by atoms with E-state index in [2.05, 4.69) is 5.32 Å². The molecule has 3 atom stereocenters. The number of fused-ring (bicyclic) bond motifs is 2. The van der Waals surface area contributed by atoms with Crippen LogP contribution in [0.4, 0.5) is 4.79 Å². The van der Waals surface area contributed by atoms with Gasteiger partial charge in [-0.25, -0.2) is 4.79 Å². The quantitative estimate of drug-likeness (QED) is 0.713. The van der Waals surface area contributed by atoms with Crippen molar-refractivity contribution in [3.63, 3.8) is 0 Å². The van der Waals surface area contributed by atoms with Gasteiger partial charge in [0.15, 0.2) is 0 Å². The van der Waals surface area contributed by atoms with Crippen LogP contribution in [0.5, 0.6) is 0 Å². The second-order valence-corrected chi connectivity index (χ2v) is 4.57. The van der Waals surface area contributed by atoms with Crippen LogP contribution in [0, 0.1) is 0 Å². The lowest BCUT2D eigenvalue weighted by Crippen LogP contribution is -2.57. The minimum atomic E-state index is -0.140. The Morgan fingerprint density at radius 3 is 2.40 bits per heavy atom. The summed E-state index contributed by atoms with van der Waals surface area (Å²) >= 11 is 0. The summed E-state index contributed by atoms with van der Waals surface area (Å²) in [7, 11) is 3.48. The van der Waals surface area contributed by atoms with Gasteiger partial charge in [-0.15, -0.1) is 0 Å². The molecule has 0 aromatic heterocycles. The summed E-state index contributed by atoms with van der Waals surface area (Å²) in [6.45, 7) is 0. The van der Waals surface area contributed by atoms with Gasteiger partial charge in [-0.2, -0.15) is 0 Å². The number of carbonyl (C=O) groups excluding carboxylic acids is 1. The minimum absolute atomic E-state index is 0.140. The van der Waals surface area contributed by atoms with E-state index in [-0.39, 0.29) is 6.09 Å². The van der Waals surface area contributed by atoms with E-state index in [1.807, 2.05) is 11.9 Å². The smallest absolute Gasteiger partial charge is 0.409 e. The van der Waals surface area contributed by atoms with Crippen molar-refractivity contribution >= 4 is 6.09 Å². The molecule has 2 heterocycles. The molecule has 4 nitrogen and oxygen atoms in total. The lowest BCUT2D eigenvalue weighted by Gasteiger charge is -2.47. The zero-order valence-corrected chi connectivity index (χ0v) is 9.53. The number of methoxy groups -OCH3 is 1. The number of nitrogens with zero attached hydrogens (tertiary/aromatic N) is 1. The molecule has 0 radical (unpaired) electrons. The van der Waals surface area contributed by atoms with Gasteiger partial charge >= 0.3 is 6.09 Å². The number of ether oxygens (including phenoxy) is 1. The van der Waals surface area contributed by atoms with E-state index < -0.39 is 0 Å². The van der Waals surface area contributed by atoms with Crippen molar-refractivity contribution in [2.45, 2.75) is 50.2 Å². The standard InChI is InChI=1S/C11H20N2O2/c1-12-8-6-9-4-3-5-10(7-8)13(9)11(14)15-2/h8-10,12H,3-7H2,1-2H3/t8-,9-,10+. The zero-order valence-electron chi connectivity index (χ0n) is 9.53. The monoisotopic (exact) mass is 212 g/mol. The van der Waals surface area contributed by atoms with Gasteiger partial charge in [0.05, 0.1) is 7.11 Å². The SMILES string of the molecule is CN[C@@H]1C[C@H]2CCC[C@@H](C1)N2C(=O)OC. The number of hydrogen-bond acceptors (Lipinski definition) is 3. The van der Waals surface area contributed by atoms with Gasteiger partial charge in [-0.3, -0.25) is 0 Å². The maximum absolute atomic E-state index is 11.7. The third-order valence-corrected chi connectivity index (χ3v) is 3.77. The molecular formula is C11H20N2O2. The molecule has 0 spiro atoms. The summed E-state index contributed by atoms with van der Waals surface area (Å²) in [6.07, 6.45) is 5.51. The van der Waals surface area contributed by atoms with Gasteiger partial charge in [0.25, 0.3) is 0 Å². The van der Waals surface area contributed by atoms with Crippen LogP contribution >= 0.6 is 0 Å². The molecule has 1 N–H and O–H groups in total. The van der Waals surface area contributed by atoms with Crippen LogP contribution in [0.3, 0.4) is 0 Å². The molecule has 2 rings (SSSR count). The van der Waals surface area contributed by atoms with E-state index in [0.717, 1.165) is 25.7 Å². The van der Waals surface area contributed by atoms with Crippen molar-refractivity contribution in [1.82, 2.24) is 10.2 Å². The first-order chi connectivity index (χ1) is 7.26. The highest BCUT2D eigenvalue weighted by atomic mass is 16.5. The Balaban J connectivity index is 2.10. The van der Waals surface area contributed by atoms with Crippen LogP contribution in [-0.2, 0) is 4.74 Å². The Labute approximate surface area is 91.0 Å². The third kappa shape index (κ3) is 1.95. The molecule has 15 heavy (non-hydrogen) atoms. The molecule has 2 aliphatic heterocycles. The number of amides is 1. The number of carbonyl (C=O) groups is 1. The Bertz CT molecular complexity index is 231. The summed E-state index contributed by atoms with van der Waals surface area (Å²) in [5.74, 6) is 0. The summed E-state index contributed by atoms with van der Waals surface area (Å²) in [5, 5.41) is 3.33. The summed E-state index contributed by atoms with van der Waals surface area (Å²) in [6, 6.07) is 1.35. The summed E-state index contributed by atoms with van der Waals surface area (Å²) in [5.41, 5.74) is 0. The molecule has 0 aromatic rings. The van der Waals surface area contributed by atoms with E-state index in [1.54, 1.807) is 0 Å². The van der Waals surface area contributed by atoms with Crippen molar-refractivity contribution in [1.29, 1.82) is 0 Å². The zero-order chi connectivity index (χ0) is 10.8. The predicted molar refractivity (Wildman–Crippen MR) is 57.8 cm³/mol. The molecule has 0 aromatic carbocycles. The maximum Gasteiger partial charge on any atom is 0.409 e. The molecule has 2 aliphatic rings. The molecule has 1 amide bonds. The normalized spacial score (nSPS) is 35.1. The second kappa shape index (κ2) is 4.39. The average Bonchev–Trinajstić information content (AvgIpc) is 2.26. The maximum atomic E-state index is 11.7. The van der Waals surface area contributed by atoms with Gasteiger partial charge in [0.2, 0.25) is 0 Å². The topological polar surface area (TPSA) is 41.6 Å². The molecule has 0 aliphatic carbocycles. The van der Waals surface area contributed by atoms with Crippen LogP contribution in [0.25, 0.3) is 0 Å². The molecular weight excluding hydrogens is 192 g/mol. The van der Waals surface area contributed by atoms with Crippen LogP contribution in [0.15, 0.2) is 0 Å². The van der Waals surface area contributed by atoms with Crippen LogP contribution < -0.4 is 5.32 Å². The Kier molecular flexibility index (Phi) is 3.14. The van der Waals surface area contributed by atoms with Crippen LogP contribution in [0.2, 0.25) is 0 Å². The molecule has 0 saturated carbocycles. The first-order valence-electron chi connectivity index (χ1n) is 5.79. The van der Waals surface area contributed by atoms with Gasteiger partial charge in [0, 0.05) is 18.1 Å². The Morgan fingerprint density at radius 1 is 1.33 bits per heavy atom. The van der Waals surface area contributed by atoms with E-state index in [0.29, 0.717) is 18.1 Å². The van der Waals surface area contributed by atoms with Crippen LogP contribution in [-0.4, -0.2) is 43.3 Å². The Hall–Kier alpha value is -0.770. The number of rotatable bonds is 1. The highest BCUT2D eigenvalue weighted by molar-refractivity contribution is 5.68. The average molecular weight is 212 g/mol. The molecule has 4 heteroatoms. The molecule has 86 valence electrons.